The molecule has 2 bridgehead atoms. The second-order valence-electron chi connectivity index (χ2n) is 7.12. The van der Waals surface area contributed by atoms with Crippen molar-refractivity contribution < 1.29 is 18.0 Å². The molecule has 3 saturated carbocycles. The van der Waals surface area contributed by atoms with Gasteiger partial charge in [-0.1, -0.05) is 0 Å². The molecule has 6 nitrogen and oxygen atoms in total. The molecule has 0 radical (unpaired) electrons. The van der Waals surface area contributed by atoms with E-state index in [1.807, 2.05) is 0 Å². The van der Waals surface area contributed by atoms with Crippen LogP contribution in [0.15, 0.2) is 4.79 Å². The number of rotatable bonds is 1. The molecule has 132 valence electrons. The fraction of sp³-hybridized carbons (Fsp3) is 0.800. The minimum atomic E-state index is -4.34. The summed E-state index contributed by atoms with van der Waals surface area (Å²) in [6.45, 7) is 0.619. The Morgan fingerprint density at radius 1 is 1.12 bits per heavy atom. The van der Waals surface area contributed by atoms with Crippen molar-refractivity contribution in [3.63, 3.8) is 0 Å². The van der Waals surface area contributed by atoms with Crippen molar-refractivity contribution in [2.75, 3.05) is 6.54 Å². The minimum Gasteiger partial charge on any atom is -0.333 e. The molecule has 4 aliphatic rings. The first kappa shape index (κ1) is 15.7. The van der Waals surface area contributed by atoms with Crippen LogP contribution < -0.4 is 5.69 Å². The molecule has 1 N–H and O–H groups in total. The molecule has 2 atom stereocenters. The summed E-state index contributed by atoms with van der Waals surface area (Å²) in [5, 5.41) is 6.18. The van der Waals surface area contributed by atoms with Crippen LogP contribution in [0.4, 0.5) is 13.2 Å². The van der Waals surface area contributed by atoms with Gasteiger partial charge in [-0.05, 0) is 37.5 Å². The largest absolute Gasteiger partial charge is 0.392 e. The van der Waals surface area contributed by atoms with Gasteiger partial charge in [-0.3, -0.25) is 9.36 Å². The van der Waals surface area contributed by atoms with Gasteiger partial charge in [0.25, 0.3) is 0 Å². The number of amides is 1. The van der Waals surface area contributed by atoms with Gasteiger partial charge >= 0.3 is 11.9 Å². The quantitative estimate of drug-likeness (QED) is 0.840. The molecule has 0 unspecified atom stereocenters. The van der Waals surface area contributed by atoms with Crippen LogP contribution >= 0.6 is 0 Å². The third-order valence-electron chi connectivity index (χ3n) is 5.96. The van der Waals surface area contributed by atoms with E-state index in [1.54, 1.807) is 0 Å². The van der Waals surface area contributed by atoms with Gasteiger partial charge in [-0.15, -0.1) is 0 Å². The highest BCUT2D eigenvalue weighted by Gasteiger charge is 2.58. The molecule has 0 saturated heterocycles. The lowest BCUT2D eigenvalue weighted by molar-refractivity contribution is -0.231. The van der Waals surface area contributed by atoms with Crippen molar-refractivity contribution in [3.8, 4) is 0 Å². The standard InChI is InChI=1S/C15H19F3N4O2/c16-15(17,18)12-9-3-1-8(2-4-9)11(12)13(23)21-5-6-22-10(7-21)19-20-14(22)24/h8-9,11-12H,1-7H2,(H,20,24)/t8?,9?,11-,12-/m0/s1. The molecule has 3 fully saturated rings. The zero-order valence-corrected chi connectivity index (χ0v) is 13.1. The van der Waals surface area contributed by atoms with E-state index in [4.69, 9.17) is 0 Å². The average Bonchev–Trinajstić information content (AvgIpc) is 2.94. The number of H-pyrrole nitrogens is 1. The Kier molecular flexibility index (Phi) is 3.50. The monoisotopic (exact) mass is 344 g/mol. The average molecular weight is 344 g/mol. The highest BCUT2D eigenvalue weighted by molar-refractivity contribution is 5.80. The smallest absolute Gasteiger partial charge is 0.333 e. The van der Waals surface area contributed by atoms with Gasteiger partial charge < -0.3 is 4.90 Å². The summed E-state index contributed by atoms with van der Waals surface area (Å²) in [4.78, 5) is 25.9. The maximum Gasteiger partial charge on any atom is 0.392 e. The van der Waals surface area contributed by atoms with Crippen LogP contribution in [0.25, 0.3) is 0 Å². The first-order chi connectivity index (χ1) is 11.4. The highest BCUT2D eigenvalue weighted by atomic mass is 19.4. The summed E-state index contributed by atoms with van der Waals surface area (Å²) in [5.41, 5.74) is -0.345. The third-order valence-corrected chi connectivity index (χ3v) is 5.96. The van der Waals surface area contributed by atoms with E-state index in [9.17, 15) is 22.8 Å². The topological polar surface area (TPSA) is 71.0 Å². The molecule has 0 aromatic carbocycles. The number of hydrogen-bond acceptors (Lipinski definition) is 3. The van der Waals surface area contributed by atoms with Gasteiger partial charge in [0, 0.05) is 13.1 Å². The van der Waals surface area contributed by atoms with Crippen LogP contribution in [0, 0.1) is 23.7 Å². The zero-order chi connectivity index (χ0) is 17.1. The summed E-state index contributed by atoms with van der Waals surface area (Å²) in [5.74, 6) is -3.14. The maximum absolute atomic E-state index is 13.6. The lowest BCUT2D eigenvalue weighted by atomic mass is 9.58. The lowest BCUT2D eigenvalue weighted by Gasteiger charge is -2.49. The van der Waals surface area contributed by atoms with Crippen LogP contribution in [0.1, 0.15) is 31.5 Å². The van der Waals surface area contributed by atoms with Gasteiger partial charge in [0.2, 0.25) is 5.91 Å². The SMILES string of the molecule is O=C([C@H]1C2CCC(CC2)[C@@H]1C(F)(F)F)N1CCn2c(n[nH]c2=O)C1. The van der Waals surface area contributed by atoms with Gasteiger partial charge in [-0.2, -0.15) is 18.3 Å². The Hall–Kier alpha value is -1.80. The van der Waals surface area contributed by atoms with Crippen molar-refractivity contribution in [2.45, 2.75) is 44.9 Å². The fourth-order valence-corrected chi connectivity index (χ4v) is 4.85. The highest BCUT2D eigenvalue weighted by Crippen LogP contribution is 2.55. The Morgan fingerprint density at radius 2 is 1.79 bits per heavy atom. The predicted octanol–water partition coefficient (Wildman–Crippen LogP) is 1.53. The van der Waals surface area contributed by atoms with Crippen LogP contribution in [0.5, 0.6) is 0 Å². The van der Waals surface area contributed by atoms with E-state index in [0.29, 0.717) is 31.5 Å². The van der Waals surface area contributed by atoms with E-state index >= 15 is 0 Å². The summed E-state index contributed by atoms with van der Waals surface area (Å²) >= 11 is 0. The molecule has 0 spiro atoms. The van der Waals surface area contributed by atoms with Gasteiger partial charge in [0.15, 0.2) is 5.82 Å². The van der Waals surface area contributed by atoms with Crippen molar-refractivity contribution in [1.82, 2.24) is 19.7 Å². The summed E-state index contributed by atoms with van der Waals surface area (Å²) in [7, 11) is 0. The van der Waals surface area contributed by atoms with Crippen molar-refractivity contribution in [3.05, 3.63) is 16.3 Å². The number of halogens is 3. The summed E-state index contributed by atoms with van der Waals surface area (Å²) < 4.78 is 42.2. The third kappa shape index (κ3) is 2.36. The molecular weight excluding hydrogens is 325 g/mol. The minimum absolute atomic E-state index is 0.0933. The van der Waals surface area contributed by atoms with Crippen LogP contribution in [-0.4, -0.2) is 38.3 Å². The van der Waals surface area contributed by atoms with E-state index in [1.165, 1.54) is 9.47 Å². The van der Waals surface area contributed by atoms with Crippen molar-refractivity contribution in [2.24, 2.45) is 23.7 Å². The molecular formula is C15H19F3N4O2. The number of alkyl halides is 3. The van der Waals surface area contributed by atoms with Crippen LogP contribution in [0.3, 0.4) is 0 Å². The first-order valence-corrected chi connectivity index (χ1v) is 8.36. The summed E-state index contributed by atoms with van der Waals surface area (Å²) in [6.07, 6.45) is -1.80. The van der Waals surface area contributed by atoms with E-state index in [0.717, 1.165) is 0 Å². The van der Waals surface area contributed by atoms with E-state index in [2.05, 4.69) is 10.2 Å². The Bertz CT molecular complexity index is 702. The maximum atomic E-state index is 13.6. The van der Waals surface area contributed by atoms with Gasteiger partial charge in [0.05, 0.1) is 18.4 Å². The van der Waals surface area contributed by atoms with Gasteiger partial charge in [-0.25, -0.2) is 9.89 Å². The molecule has 1 amide bonds. The lowest BCUT2D eigenvalue weighted by Crippen LogP contribution is -2.55. The second-order valence-corrected chi connectivity index (χ2v) is 7.12. The molecule has 9 heteroatoms. The number of fused-ring (bicyclic) bond motifs is 4. The molecule has 3 aliphatic carbocycles. The Balaban J connectivity index is 1.60. The zero-order valence-electron chi connectivity index (χ0n) is 13.1. The fourth-order valence-electron chi connectivity index (χ4n) is 4.85. The Labute approximate surface area is 136 Å². The molecule has 1 aliphatic heterocycles. The number of carbonyl (C=O) groups is 1. The molecule has 1 aromatic rings. The van der Waals surface area contributed by atoms with Crippen molar-refractivity contribution in [1.29, 1.82) is 0 Å². The van der Waals surface area contributed by atoms with E-state index in [-0.39, 0.29) is 31.2 Å². The molecule has 1 aromatic heterocycles. The second kappa shape index (κ2) is 5.35. The molecule has 2 heterocycles. The molecule has 5 rings (SSSR count). The molecule has 24 heavy (non-hydrogen) atoms. The predicted molar refractivity (Wildman–Crippen MR) is 76.7 cm³/mol. The number of aromatic amines is 1. The Morgan fingerprint density at radius 3 is 2.46 bits per heavy atom. The first-order valence-electron chi connectivity index (χ1n) is 8.36. The number of nitrogens with zero attached hydrogens (tertiary/aromatic N) is 3. The number of nitrogens with one attached hydrogen (secondary N) is 1. The van der Waals surface area contributed by atoms with Crippen LogP contribution in [0.2, 0.25) is 0 Å². The number of carbonyl (C=O) groups excluding carboxylic acids is 1. The number of hydrogen-bond donors (Lipinski definition) is 1. The summed E-state index contributed by atoms with van der Waals surface area (Å²) in [6, 6.07) is 0. The normalized spacial score (nSPS) is 32.7. The van der Waals surface area contributed by atoms with Crippen LogP contribution in [-0.2, 0) is 17.9 Å². The van der Waals surface area contributed by atoms with E-state index < -0.39 is 29.8 Å². The van der Waals surface area contributed by atoms with Gasteiger partial charge in [0.1, 0.15) is 0 Å². The van der Waals surface area contributed by atoms with Crippen molar-refractivity contribution >= 4 is 5.91 Å². The number of aromatic nitrogens is 3.